The monoisotopic (exact) mass is 269 g/mol. The van der Waals surface area contributed by atoms with Crippen molar-refractivity contribution in [1.82, 2.24) is 0 Å². The largest absolute Gasteiger partial charge is 0.488 e. The van der Waals surface area contributed by atoms with Crippen molar-refractivity contribution in [1.29, 1.82) is 0 Å². The molecule has 3 heteroatoms. The lowest BCUT2D eigenvalue weighted by Crippen LogP contribution is -2.22. The minimum Gasteiger partial charge on any atom is -0.488 e. The van der Waals surface area contributed by atoms with E-state index in [1.54, 1.807) is 0 Å². The maximum absolute atomic E-state index is 6.01. The van der Waals surface area contributed by atoms with Gasteiger partial charge in [0.2, 0.25) is 0 Å². The number of hydrogen-bond acceptors (Lipinski definition) is 3. The Kier molecular flexibility index (Phi) is 3.26. The summed E-state index contributed by atoms with van der Waals surface area (Å²) in [5.74, 6) is 1.71. The second-order valence-electron chi connectivity index (χ2n) is 5.35. The third-order valence-corrected chi connectivity index (χ3v) is 3.67. The fraction of sp³-hybridized carbons (Fsp3) is 0.294. The van der Waals surface area contributed by atoms with Crippen LogP contribution in [0.1, 0.15) is 16.7 Å². The Hall–Kier alpha value is -2.16. The molecule has 0 amide bonds. The molecule has 0 saturated heterocycles. The second-order valence-corrected chi connectivity index (χ2v) is 5.35. The molecule has 1 aliphatic heterocycles. The number of para-hydroxylation sites is 1. The van der Waals surface area contributed by atoms with Crippen LogP contribution < -0.4 is 15.2 Å². The lowest BCUT2D eigenvalue weighted by atomic mass is 10.1. The van der Waals surface area contributed by atoms with Crippen molar-refractivity contribution in [2.75, 3.05) is 12.3 Å². The van der Waals surface area contributed by atoms with Crippen LogP contribution in [-0.4, -0.2) is 12.7 Å². The quantitative estimate of drug-likeness (QED) is 0.870. The van der Waals surface area contributed by atoms with E-state index in [-0.39, 0.29) is 6.10 Å². The summed E-state index contributed by atoms with van der Waals surface area (Å²) in [6.45, 7) is 4.59. The molecule has 0 radical (unpaired) electrons. The van der Waals surface area contributed by atoms with E-state index < -0.39 is 0 Å². The number of anilines is 1. The molecule has 0 aromatic heterocycles. The highest BCUT2D eigenvalue weighted by Gasteiger charge is 2.23. The standard InChI is InChI=1S/C17H19NO2/c1-11-6-7-15-13(8-11)9-14(20-15)10-19-16-5-3-4-12(2)17(16)18/h3-8,14H,9-10,18H2,1-2H3. The van der Waals surface area contributed by atoms with E-state index in [1.807, 2.05) is 31.2 Å². The van der Waals surface area contributed by atoms with Crippen LogP contribution >= 0.6 is 0 Å². The molecule has 2 N–H and O–H groups in total. The zero-order chi connectivity index (χ0) is 14.1. The van der Waals surface area contributed by atoms with Gasteiger partial charge in [0.25, 0.3) is 0 Å². The fourth-order valence-corrected chi connectivity index (χ4v) is 2.50. The summed E-state index contributed by atoms with van der Waals surface area (Å²) < 4.78 is 11.7. The first-order valence-corrected chi connectivity index (χ1v) is 6.87. The zero-order valence-electron chi connectivity index (χ0n) is 11.8. The first-order chi connectivity index (χ1) is 9.63. The molecule has 2 aromatic rings. The number of rotatable bonds is 3. The highest BCUT2D eigenvalue weighted by atomic mass is 16.5. The average Bonchev–Trinajstić information content (AvgIpc) is 2.82. The molecule has 1 atom stereocenters. The van der Waals surface area contributed by atoms with Crippen LogP contribution in [0.2, 0.25) is 0 Å². The summed E-state index contributed by atoms with van der Waals surface area (Å²) in [6.07, 6.45) is 0.953. The summed E-state index contributed by atoms with van der Waals surface area (Å²) in [6, 6.07) is 12.1. The first-order valence-electron chi connectivity index (χ1n) is 6.87. The minimum absolute atomic E-state index is 0.0618. The van der Waals surface area contributed by atoms with Gasteiger partial charge in [0.15, 0.2) is 0 Å². The highest BCUT2D eigenvalue weighted by molar-refractivity contribution is 5.57. The van der Waals surface area contributed by atoms with E-state index in [0.29, 0.717) is 12.3 Å². The number of benzene rings is 2. The van der Waals surface area contributed by atoms with Gasteiger partial charge in [0.1, 0.15) is 24.2 Å². The Morgan fingerprint density at radius 1 is 1.25 bits per heavy atom. The number of nitrogen functional groups attached to an aromatic ring is 1. The molecule has 1 unspecified atom stereocenters. The highest BCUT2D eigenvalue weighted by Crippen LogP contribution is 2.30. The van der Waals surface area contributed by atoms with Gasteiger partial charge in [-0.2, -0.15) is 0 Å². The number of nitrogens with two attached hydrogens (primary N) is 1. The fourth-order valence-electron chi connectivity index (χ4n) is 2.50. The molecular formula is C17H19NO2. The van der Waals surface area contributed by atoms with E-state index >= 15 is 0 Å². The van der Waals surface area contributed by atoms with Crippen molar-refractivity contribution in [2.24, 2.45) is 0 Å². The predicted molar refractivity (Wildman–Crippen MR) is 80.4 cm³/mol. The molecule has 3 rings (SSSR count). The van der Waals surface area contributed by atoms with Crippen molar-refractivity contribution in [3.8, 4) is 11.5 Å². The average molecular weight is 269 g/mol. The minimum atomic E-state index is 0.0618. The van der Waals surface area contributed by atoms with Crippen molar-refractivity contribution < 1.29 is 9.47 Å². The molecule has 2 aromatic carbocycles. The van der Waals surface area contributed by atoms with Crippen LogP contribution in [0.4, 0.5) is 5.69 Å². The molecule has 0 bridgehead atoms. The Morgan fingerprint density at radius 3 is 2.95 bits per heavy atom. The van der Waals surface area contributed by atoms with Gasteiger partial charge in [-0.3, -0.25) is 0 Å². The maximum atomic E-state index is 6.01. The second kappa shape index (κ2) is 5.08. The van der Waals surface area contributed by atoms with Crippen molar-refractivity contribution in [3.63, 3.8) is 0 Å². The van der Waals surface area contributed by atoms with E-state index in [2.05, 4.69) is 19.1 Å². The molecule has 0 fully saturated rings. The third kappa shape index (κ3) is 2.44. The van der Waals surface area contributed by atoms with Gasteiger partial charge < -0.3 is 15.2 Å². The van der Waals surface area contributed by atoms with Gasteiger partial charge in [0, 0.05) is 6.42 Å². The van der Waals surface area contributed by atoms with Crippen molar-refractivity contribution in [3.05, 3.63) is 53.1 Å². The summed E-state index contributed by atoms with van der Waals surface area (Å²) in [5.41, 5.74) is 10.3. The van der Waals surface area contributed by atoms with E-state index in [1.165, 1.54) is 11.1 Å². The Labute approximate surface area is 119 Å². The lowest BCUT2D eigenvalue weighted by molar-refractivity contribution is 0.149. The summed E-state index contributed by atoms with van der Waals surface area (Å²) in [7, 11) is 0. The van der Waals surface area contributed by atoms with Gasteiger partial charge >= 0.3 is 0 Å². The first kappa shape index (κ1) is 12.9. The maximum Gasteiger partial charge on any atom is 0.142 e. The Bertz CT molecular complexity index is 637. The lowest BCUT2D eigenvalue weighted by Gasteiger charge is -2.14. The van der Waals surface area contributed by atoms with Crippen LogP contribution in [0.3, 0.4) is 0 Å². The number of fused-ring (bicyclic) bond motifs is 1. The molecule has 1 aliphatic rings. The number of ether oxygens (including phenoxy) is 2. The SMILES string of the molecule is Cc1ccc2c(c1)CC(COc1cccc(C)c1N)O2. The van der Waals surface area contributed by atoms with Gasteiger partial charge in [-0.1, -0.05) is 29.8 Å². The van der Waals surface area contributed by atoms with Crippen molar-refractivity contribution in [2.45, 2.75) is 26.4 Å². The molecule has 3 nitrogen and oxygen atoms in total. The molecule has 0 aliphatic carbocycles. The molecular weight excluding hydrogens is 250 g/mol. The van der Waals surface area contributed by atoms with Crippen LogP contribution in [-0.2, 0) is 6.42 Å². The van der Waals surface area contributed by atoms with E-state index in [4.69, 9.17) is 15.2 Å². The normalized spacial score (nSPS) is 16.6. The smallest absolute Gasteiger partial charge is 0.142 e. The van der Waals surface area contributed by atoms with Crippen molar-refractivity contribution >= 4 is 5.69 Å². The molecule has 0 saturated carbocycles. The molecule has 20 heavy (non-hydrogen) atoms. The number of aryl methyl sites for hydroxylation is 2. The van der Waals surface area contributed by atoms with E-state index in [0.717, 1.165) is 23.5 Å². The van der Waals surface area contributed by atoms with Crippen LogP contribution in [0.15, 0.2) is 36.4 Å². The topological polar surface area (TPSA) is 44.5 Å². The predicted octanol–water partition coefficient (Wildman–Crippen LogP) is 3.27. The van der Waals surface area contributed by atoms with Crippen LogP contribution in [0.25, 0.3) is 0 Å². The summed E-state index contributed by atoms with van der Waals surface area (Å²) in [5, 5.41) is 0. The van der Waals surface area contributed by atoms with Crippen LogP contribution in [0, 0.1) is 13.8 Å². The number of hydrogen-bond donors (Lipinski definition) is 1. The molecule has 0 spiro atoms. The zero-order valence-corrected chi connectivity index (χ0v) is 11.8. The third-order valence-electron chi connectivity index (χ3n) is 3.67. The van der Waals surface area contributed by atoms with Gasteiger partial charge in [-0.05, 0) is 37.1 Å². The van der Waals surface area contributed by atoms with Gasteiger partial charge in [-0.25, -0.2) is 0 Å². The summed E-state index contributed by atoms with van der Waals surface area (Å²) >= 11 is 0. The van der Waals surface area contributed by atoms with E-state index in [9.17, 15) is 0 Å². The Balaban J connectivity index is 1.65. The molecule has 1 heterocycles. The Morgan fingerprint density at radius 2 is 2.10 bits per heavy atom. The van der Waals surface area contributed by atoms with Gasteiger partial charge in [0.05, 0.1) is 5.69 Å². The van der Waals surface area contributed by atoms with Gasteiger partial charge in [-0.15, -0.1) is 0 Å². The summed E-state index contributed by atoms with van der Waals surface area (Å²) in [4.78, 5) is 0. The van der Waals surface area contributed by atoms with Crippen LogP contribution in [0.5, 0.6) is 11.5 Å². The molecule has 104 valence electrons.